The van der Waals surface area contributed by atoms with Gasteiger partial charge in [-0.05, 0) is 42.0 Å². The highest BCUT2D eigenvalue weighted by molar-refractivity contribution is 7.14. The lowest BCUT2D eigenvalue weighted by molar-refractivity contribution is -0.384. The molecule has 162 valence electrons. The Bertz CT molecular complexity index is 1600. The first kappa shape index (κ1) is 20.5. The second-order valence-electron chi connectivity index (χ2n) is 7.30. The molecule has 5 aromatic rings. The van der Waals surface area contributed by atoms with Crippen LogP contribution in [0.5, 0.6) is 0 Å². The number of thiazole rings is 1. The molecule has 8 nitrogen and oxygen atoms in total. The Kier molecular flexibility index (Phi) is 5.15. The molecule has 0 bridgehead atoms. The van der Waals surface area contributed by atoms with Gasteiger partial charge in [0, 0.05) is 28.5 Å². The van der Waals surface area contributed by atoms with Crippen LogP contribution in [0, 0.1) is 10.1 Å². The van der Waals surface area contributed by atoms with Gasteiger partial charge in [0.15, 0.2) is 0 Å². The van der Waals surface area contributed by atoms with Crippen LogP contribution in [0.3, 0.4) is 0 Å². The zero-order valence-electron chi connectivity index (χ0n) is 17.3. The average Bonchev–Trinajstić information content (AvgIpc) is 3.31. The summed E-state index contributed by atoms with van der Waals surface area (Å²) < 4.78 is 5.54. The van der Waals surface area contributed by atoms with E-state index in [4.69, 9.17) is 4.42 Å². The number of nitro groups is 1. The van der Waals surface area contributed by atoms with E-state index in [0.717, 1.165) is 21.7 Å². The number of benzene rings is 3. The molecular formula is C24H16N4O4S. The SMILES string of the molecule is C/C(=N/Nc1nc(-c2ccc([N+](=O)[O-])cc2)cs1)c1cc2c(ccc3ccccc32)oc1=O. The normalized spacial score (nSPS) is 11.7. The smallest absolute Gasteiger partial charge is 0.345 e. The molecule has 0 unspecified atom stereocenters. The van der Waals surface area contributed by atoms with Crippen LogP contribution in [-0.2, 0) is 0 Å². The predicted molar refractivity (Wildman–Crippen MR) is 130 cm³/mol. The van der Waals surface area contributed by atoms with E-state index in [1.54, 1.807) is 31.2 Å². The number of hydrazone groups is 1. The fraction of sp³-hybridized carbons (Fsp3) is 0.0417. The average molecular weight is 456 g/mol. The van der Waals surface area contributed by atoms with E-state index >= 15 is 0 Å². The summed E-state index contributed by atoms with van der Waals surface area (Å²) in [5.74, 6) is 0. The van der Waals surface area contributed by atoms with E-state index in [2.05, 4.69) is 15.5 Å². The first-order chi connectivity index (χ1) is 16.0. The lowest BCUT2D eigenvalue weighted by atomic mass is 10.0. The Morgan fingerprint density at radius 3 is 2.67 bits per heavy atom. The van der Waals surface area contributed by atoms with Gasteiger partial charge < -0.3 is 4.42 Å². The third-order valence-corrected chi connectivity index (χ3v) is 5.98. The van der Waals surface area contributed by atoms with Gasteiger partial charge in [0.05, 0.1) is 21.9 Å². The molecule has 0 aliphatic rings. The van der Waals surface area contributed by atoms with Crippen LogP contribution < -0.4 is 11.1 Å². The molecule has 0 amide bonds. The lowest BCUT2D eigenvalue weighted by Crippen LogP contribution is -2.13. The summed E-state index contributed by atoms with van der Waals surface area (Å²) in [5.41, 5.74) is 5.21. The molecule has 0 spiro atoms. The summed E-state index contributed by atoms with van der Waals surface area (Å²) in [6.07, 6.45) is 0. The molecule has 0 aliphatic heterocycles. The van der Waals surface area contributed by atoms with E-state index in [1.807, 2.05) is 35.7 Å². The van der Waals surface area contributed by atoms with E-state index in [-0.39, 0.29) is 5.69 Å². The molecule has 2 aromatic heterocycles. The Morgan fingerprint density at radius 2 is 1.88 bits per heavy atom. The first-order valence-corrected chi connectivity index (χ1v) is 10.8. The molecule has 0 radical (unpaired) electrons. The number of aromatic nitrogens is 1. The van der Waals surface area contributed by atoms with Gasteiger partial charge in [-0.2, -0.15) is 5.10 Å². The molecule has 33 heavy (non-hydrogen) atoms. The number of nitrogens with one attached hydrogen (secondary N) is 1. The molecular weight excluding hydrogens is 440 g/mol. The maximum Gasteiger partial charge on any atom is 0.345 e. The second kappa shape index (κ2) is 8.29. The minimum Gasteiger partial charge on any atom is -0.422 e. The number of rotatable bonds is 5. The topological polar surface area (TPSA) is 111 Å². The van der Waals surface area contributed by atoms with Gasteiger partial charge in [0.25, 0.3) is 5.69 Å². The maximum absolute atomic E-state index is 12.6. The van der Waals surface area contributed by atoms with Crippen molar-refractivity contribution in [3.63, 3.8) is 0 Å². The minimum atomic E-state index is -0.466. The highest BCUT2D eigenvalue weighted by atomic mass is 32.1. The van der Waals surface area contributed by atoms with Crippen molar-refractivity contribution >= 4 is 49.6 Å². The largest absolute Gasteiger partial charge is 0.422 e. The van der Waals surface area contributed by atoms with E-state index < -0.39 is 10.5 Å². The number of hydrogen-bond acceptors (Lipinski definition) is 8. The molecule has 0 aliphatic carbocycles. The monoisotopic (exact) mass is 456 g/mol. The fourth-order valence-electron chi connectivity index (χ4n) is 3.53. The first-order valence-electron chi connectivity index (χ1n) is 9.96. The molecule has 1 N–H and O–H groups in total. The predicted octanol–water partition coefficient (Wildman–Crippen LogP) is 5.81. The highest BCUT2D eigenvalue weighted by Gasteiger charge is 2.12. The standard InChI is InChI=1S/C24H16N4O4S/c1-14(19-12-20-18-5-3-2-4-15(18)8-11-22(20)32-23(19)29)26-27-24-25-21(13-33-24)16-6-9-17(10-7-16)28(30)31/h2-13H,1H3,(H,25,27)/b26-14-. The van der Waals surface area contributed by atoms with Gasteiger partial charge >= 0.3 is 5.63 Å². The third kappa shape index (κ3) is 3.97. The summed E-state index contributed by atoms with van der Waals surface area (Å²) >= 11 is 1.34. The van der Waals surface area contributed by atoms with Crippen LogP contribution in [0.15, 0.2) is 86.4 Å². The van der Waals surface area contributed by atoms with Gasteiger partial charge in [-0.1, -0.05) is 30.3 Å². The molecule has 0 atom stereocenters. The van der Waals surface area contributed by atoms with Crippen LogP contribution in [-0.4, -0.2) is 15.6 Å². The van der Waals surface area contributed by atoms with Gasteiger partial charge in [-0.3, -0.25) is 15.5 Å². The lowest BCUT2D eigenvalue weighted by Gasteiger charge is -2.05. The zero-order chi connectivity index (χ0) is 22.9. The molecule has 2 heterocycles. The molecule has 3 aromatic carbocycles. The molecule has 0 saturated heterocycles. The number of anilines is 1. The maximum atomic E-state index is 12.6. The summed E-state index contributed by atoms with van der Waals surface area (Å²) in [6, 6.07) is 19.6. The number of fused-ring (bicyclic) bond motifs is 3. The van der Waals surface area contributed by atoms with Gasteiger partial charge in [0.1, 0.15) is 5.58 Å². The van der Waals surface area contributed by atoms with Crippen molar-refractivity contribution in [2.45, 2.75) is 6.92 Å². The Labute approximate surface area is 191 Å². The number of nitrogens with zero attached hydrogens (tertiary/aromatic N) is 3. The number of hydrogen-bond donors (Lipinski definition) is 1. The van der Waals surface area contributed by atoms with Crippen molar-refractivity contribution in [1.82, 2.24) is 4.98 Å². The Balaban J connectivity index is 1.43. The van der Waals surface area contributed by atoms with Crippen LogP contribution in [0.1, 0.15) is 12.5 Å². The summed E-state index contributed by atoms with van der Waals surface area (Å²) in [5, 5.41) is 20.4. The van der Waals surface area contributed by atoms with E-state index in [9.17, 15) is 14.9 Å². The van der Waals surface area contributed by atoms with E-state index in [1.165, 1.54) is 23.5 Å². The molecule has 5 rings (SSSR count). The van der Waals surface area contributed by atoms with Gasteiger partial charge in [-0.15, -0.1) is 11.3 Å². The van der Waals surface area contributed by atoms with Crippen LogP contribution in [0.2, 0.25) is 0 Å². The molecule has 0 saturated carbocycles. The highest BCUT2D eigenvalue weighted by Crippen LogP contribution is 2.27. The van der Waals surface area contributed by atoms with Crippen LogP contribution >= 0.6 is 11.3 Å². The molecule has 9 heteroatoms. The van der Waals surface area contributed by atoms with Crippen molar-refractivity contribution in [3.8, 4) is 11.3 Å². The number of nitro benzene ring substituents is 1. The fourth-order valence-corrected chi connectivity index (χ4v) is 4.19. The quantitative estimate of drug-likeness (QED) is 0.117. The van der Waals surface area contributed by atoms with Gasteiger partial charge in [-0.25, -0.2) is 9.78 Å². The van der Waals surface area contributed by atoms with Crippen molar-refractivity contribution in [3.05, 3.63) is 98.2 Å². The minimum absolute atomic E-state index is 0.0227. The summed E-state index contributed by atoms with van der Waals surface area (Å²) in [4.78, 5) is 27.4. The van der Waals surface area contributed by atoms with Crippen molar-refractivity contribution in [1.29, 1.82) is 0 Å². The summed E-state index contributed by atoms with van der Waals surface area (Å²) in [7, 11) is 0. The van der Waals surface area contributed by atoms with E-state index in [0.29, 0.717) is 27.7 Å². The Morgan fingerprint density at radius 1 is 1.09 bits per heavy atom. The zero-order valence-corrected chi connectivity index (χ0v) is 18.1. The van der Waals surface area contributed by atoms with Crippen LogP contribution in [0.4, 0.5) is 10.8 Å². The number of non-ortho nitro benzene ring substituents is 1. The van der Waals surface area contributed by atoms with Crippen molar-refractivity contribution in [2.75, 3.05) is 5.43 Å². The van der Waals surface area contributed by atoms with Crippen molar-refractivity contribution < 1.29 is 9.34 Å². The van der Waals surface area contributed by atoms with Crippen LogP contribution in [0.25, 0.3) is 33.0 Å². The third-order valence-electron chi connectivity index (χ3n) is 5.23. The second-order valence-corrected chi connectivity index (χ2v) is 8.16. The van der Waals surface area contributed by atoms with Gasteiger partial charge in [0.2, 0.25) is 5.13 Å². The van der Waals surface area contributed by atoms with Crippen molar-refractivity contribution in [2.24, 2.45) is 5.10 Å². The summed E-state index contributed by atoms with van der Waals surface area (Å²) in [6.45, 7) is 1.72. The Hall–Kier alpha value is -4.37. The molecule has 0 fully saturated rings.